The summed E-state index contributed by atoms with van der Waals surface area (Å²) in [6, 6.07) is 0.162. The Morgan fingerprint density at radius 1 is 0.941 bits per heavy atom. The van der Waals surface area contributed by atoms with Crippen LogP contribution in [-0.2, 0) is 10.8 Å². The molecular formula is C14H29NOS. The van der Waals surface area contributed by atoms with Gasteiger partial charge in [0.15, 0.2) is 0 Å². The molecule has 0 aromatic rings. The molecule has 1 saturated carbocycles. The molecule has 1 fully saturated rings. The fraction of sp³-hybridized carbons (Fsp3) is 1.00. The molecule has 0 amide bonds. The first kappa shape index (κ1) is 15.2. The lowest BCUT2D eigenvalue weighted by atomic mass is 9.98. The summed E-state index contributed by atoms with van der Waals surface area (Å²) >= 11 is 0. The summed E-state index contributed by atoms with van der Waals surface area (Å²) in [5, 5.41) is 0.249. The molecular weight excluding hydrogens is 230 g/mol. The van der Waals surface area contributed by atoms with Gasteiger partial charge in [0.05, 0.1) is 0 Å². The van der Waals surface area contributed by atoms with Gasteiger partial charge in [-0.3, -0.25) is 4.21 Å². The highest BCUT2D eigenvalue weighted by Gasteiger charge is 2.22. The lowest BCUT2D eigenvalue weighted by Gasteiger charge is -2.23. The zero-order valence-electron chi connectivity index (χ0n) is 11.3. The van der Waals surface area contributed by atoms with Crippen molar-refractivity contribution in [1.82, 2.24) is 0 Å². The summed E-state index contributed by atoms with van der Waals surface area (Å²) in [5.41, 5.74) is 6.24. The second-order valence-electron chi connectivity index (χ2n) is 5.28. The quantitative estimate of drug-likeness (QED) is 0.826. The number of rotatable bonds is 2. The molecule has 3 heteroatoms. The van der Waals surface area contributed by atoms with Gasteiger partial charge in [-0.1, -0.05) is 58.3 Å². The molecule has 0 saturated heterocycles. The van der Waals surface area contributed by atoms with E-state index < -0.39 is 10.8 Å². The summed E-state index contributed by atoms with van der Waals surface area (Å²) in [6.07, 6.45) is 12.6. The molecule has 0 bridgehead atoms. The third kappa shape index (κ3) is 6.01. The van der Waals surface area contributed by atoms with Crippen LogP contribution < -0.4 is 5.73 Å². The first-order chi connectivity index (χ1) is 8.25. The van der Waals surface area contributed by atoms with Crippen LogP contribution in [0.1, 0.15) is 71.1 Å². The van der Waals surface area contributed by atoms with Crippen molar-refractivity contribution < 1.29 is 4.21 Å². The largest absolute Gasteiger partial charge is 0.327 e. The summed E-state index contributed by atoms with van der Waals surface area (Å²) < 4.78 is 12.0. The summed E-state index contributed by atoms with van der Waals surface area (Å²) in [7, 11) is -0.711. The monoisotopic (exact) mass is 259 g/mol. The van der Waals surface area contributed by atoms with E-state index in [1.807, 2.05) is 6.92 Å². The predicted octanol–water partition coefficient (Wildman–Crippen LogP) is 3.37. The molecule has 1 rings (SSSR count). The van der Waals surface area contributed by atoms with E-state index in [9.17, 15) is 4.21 Å². The van der Waals surface area contributed by atoms with Crippen LogP contribution in [0.2, 0.25) is 0 Å². The highest BCUT2D eigenvalue weighted by atomic mass is 32.2. The van der Waals surface area contributed by atoms with Crippen LogP contribution in [0.25, 0.3) is 0 Å². The molecule has 0 aromatic carbocycles. The van der Waals surface area contributed by atoms with E-state index in [4.69, 9.17) is 5.73 Å². The van der Waals surface area contributed by atoms with Crippen molar-refractivity contribution in [3.8, 4) is 0 Å². The molecule has 2 nitrogen and oxygen atoms in total. The van der Waals surface area contributed by atoms with Gasteiger partial charge in [-0.15, -0.1) is 0 Å². The third-order valence-corrected chi connectivity index (χ3v) is 5.71. The van der Waals surface area contributed by atoms with Crippen LogP contribution in [-0.4, -0.2) is 21.3 Å². The van der Waals surface area contributed by atoms with Gasteiger partial charge in [-0.05, 0) is 12.8 Å². The topological polar surface area (TPSA) is 43.1 Å². The molecule has 3 unspecified atom stereocenters. The van der Waals surface area contributed by atoms with Gasteiger partial charge < -0.3 is 5.73 Å². The van der Waals surface area contributed by atoms with E-state index in [1.165, 1.54) is 51.4 Å². The zero-order chi connectivity index (χ0) is 12.5. The Morgan fingerprint density at radius 2 is 1.41 bits per heavy atom. The Balaban J connectivity index is 2.47. The molecule has 0 spiro atoms. The average molecular weight is 259 g/mol. The van der Waals surface area contributed by atoms with E-state index >= 15 is 0 Å². The fourth-order valence-corrected chi connectivity index (χ4v) is 4.11. The zero-order valence-corrected chi connectivity index (χ0v) is 12.1. The Bertz CT molecular complexity index is 220. The van der Waals surface area contributed by atoms with Crippen LogP contribution in [0.15, 0.2) is 0 Å². The number of nitrogens with two attached hydrogens (primary N) is 1. The lowest BCUT2D eigenvalue weighted by Crippen LogP contribution is -2.38. The SMILES string of the molecule is CCS(=O)C1CCCCCCCCCCC1N. The van der Waals surface area contributed by atoms with E-state index in [-0.39, 0.29) is 11.3 Å². The van der Waals surface area contributed by atoms with Crippen molar-refractivity contribution in [3.05, 3.63) is 0 Å². The Kier molecular flexibility index (Phi) is 8.12. The van der Waals surface area contributed by atoms with Crippen LogP contribution in [0.5, 0.6) is 0 Å². The smallest absolute Gasteiger partial charge is 0.0498 e. The van der Waals surface area contributed by atoms with Gasteiger partial charge in [0.25, 0.3) is 0 Å². The Morgan fingerprint density at radius 3 is 1.94 bits per heavy atom. The predicted molar refractivity (Wildman–Crippen MR) is 76.6 cm³/mol. The molecule has 1 aliphatic carbocycles. The van der Waals surface area contributed by atoms with Crippen molar-refractivity contribution in [2.45, 2.75) is 82.4 Å². The molecule has 0 aliphatic heterocycles. The molecule has 0 aromatic heterocycles. The second-order valence-corrected chi connectivity index (χ2v) is 7.22. The van der Waals surface area contributed by atoms with Gasteiger partial charge in [0, 0.05) is 27.8 Å². The van der Waals surface area contributed by atoms with Crippen LogP contribution in [0.3, 0.4) is 0 Å². The van der Waals surface area contributed by atoms with Gasteiger partial charge in [0.2, 0.25) is 0 Å². The normalized spacial score (nSPS) is 31.2. The molecule has 2 N–H and O–H groups in total. The van der Waals surface area contributed by atoms with Crippen molar-refractivity contribution in [2.24, 2.45) is 5.73 Å². The first-order valence-electron chi connectivity index (χ1n) is 7.38. The lowest BCUT2D eigenvalue weighted by molar-refractivity contribution is 0.467. The minimum atomic E-state index is -0.711. The van der Waals surface area contributed by atoms with E-state index in [0.717, 1.165) is 18.6 Å². The fourth-order valence-electron chi connectivity index (χ4n) is 2.73. The molecule has 0 radical (unpaired) electrons. The van der Waals surface area contributed by atoms with Crippen molar-refractivity contribution in [2.75, 3.05) is 5.75 Å². The van der Waals surface area contributed by atoms with Crippen LogP contribution in [0.4, 0.5) is 0 Å². The minimum absolute atomic E-state index is 0.162. The van der Waals surface area contributed by atoms with Gasteiger partial charge in [-0.25, -0.2) is 0 Å². The highest BCUT2D eigenvalue weighted by Crippen LogP contribution is 2.19. The maximum Gasteiger partial charge on any atom is 0.0498 e. The molecule has 0 heterocycles. The Hall–Kier alpha value is 0.110. The number of hydrogen-bond acceptors (Lipinski definition) is 2. The van der Waals surface area contributed by atoms with Gasteiger partial charge in [0.1, 0.15) is 0 Å². The molecule has 102 valence electrons. The Labute approximate surface area is 109 Å². The summed E-state index contributed by atoms with van der Waals surface area (Å²) in [5.74, 6) is 0.762. The van der Waals surface area contributed by atoms with Crippen molar-refractivity contribution in [1.29, 1.82) is 0 Å². The molecule has 17 heavy (non-hydrogen) atoms. The molecule has 3 atom stereocenters. The van der Waals surface area contributed by atoms with E-state index in [2.05, 4.69) is 0 Å². The maximum absolute atomic E-state index is 12.0. The summed E-state index contributed by atoms with van der Waals surface area (Å²) in [4.78, 5) is 0. The minimum Gasteiger partial charge on any atom is -0.327 e. The standard InChI is InChI=1S/C14H29NOS/c1-2-17(16)14-12-10-8-6-4-3-5-7-9-11-13(14)15/h13-14H,2-12,15H2,1H3. The van der Waals surface area contributed by atoms with Crippen LogP contribution >= 0.6 is 0 Å². The highest BCUT2D eigenvalue weighted by molar-refractivity contribution is 7.85. The van der Waals surface area contributed by atoms with Crippen molar-refractivity contribution in [3.63, 3.8) is 0 Å². The average Bonchev–Trinajstić information content (AvgIpc) is 2.33. The third-order valence-electron chi connectivity index (χ3n) is 3.88. The van der Waals surface area contributed by atoms with Crippen molar-refractivity contribution >= 4 is 10.8 Å². The van der Waals surface area contributed by atoms with Gasteiger partial charge in [-0.2, -0.15) is 0 Å². The van der Waals surface area contributed by atoms with E-state index in [1.54, 1.807) is 0 Å². The maximum atomic E-state index is 12.0. The van der Waals surface area contributed by atoms with E-state index in [0.29, 0.717) is 0 Å². The van der Waals surface area contributed by atoms with Gasteiger partial charge >= 0.3 is 0 Å². The first-order valence-corrected chi connectivity index (χ1v) is 8.76. The molecule has 1 aliphatic rings. The summed E-state index contributed by atoms with van der Waals surface area (Å²) in [6.45, 7) is 2.01. The van der Waals surface area contributed by atoms with Crippen LogP contribution in [0, 0.1) is 0 Å². The number of hydrogen-bond donors (Lipinski definition) is 1. The second kappa shape index (κ2) is 9.09.